The van der Waals surface area contributed by atoms with E-state index < -0.39 is 0 Å². The molecule has 0 bridgehead atoms. The van der Waals surface area contributed by atoms with Crippen molar-refractivity contribution >= 4 is 0 Å². The van der Waals surface area contributed by atoms with Crippen LogP contribution >= 0.6 is 0 Å². The van der Waals surface area contributed by atoms with Gasteiger partial charge in [0.25, 0.3) is 0 Å². The normalized spacial score (nSPS) is 24.5. The molecular weight excluding hydrogens is 238 g/mol. The van der Waals surface area contributed by atoms with Gasteiger partial charge in [0.2, 0.25) is 0 Å². The number of ether oxygens (including phenoxy) is 2. The van der Waals surface area contributed by atoms with Crippen molar-refractivity contribution in [3.63, 3.8) is 0 Å². The SMILES string of the molecule is c1ccc2c(c1)OCC(CN1CCCCCCC1)O2. The van der Waals surface area contributed by atoms with Crippen LogP contribution in [0.3, 0.4) is 0 Å². The molecule has 3 rings (SSSR count). The smallest absolute Gasteiger partial charge is 0.161 e. The van der Waals surface area contributed by atoms with Gasteiger partial charge >= 0.3 is 0 Å². The summed E-state index contributed by atoms with van der Waals surface area (Å²) < 4.78 is 11.8. The summed E-state index contributed by atoms with van der Waals surface area (Å²) in [6.07, 6.45) is 6.98. The molecule has 0 spiro atoms. The minimum absolute atomic E-state index is 0.175. The number of nitrogens with zero attached hydrogens (tertiary/aromatic N) is 1. The summed E-state index contributed by atoms with van der Waals surface area (Å²) in [5.41, 5.74) is 0. The van der Waals surface area contributed by atoms with Crippen LogP contribution in [-0.4, -0.2) is 37.2 Å². The van der Waals surface area contributed by atoms with E-state index in [1.54, 1.807) is 0 Å². The zero-order chi connectivity index (χ0) is 12.9. The maximum absolute atomic E-state index is 6.04. The number of hydrogen-bond acceptors (Lipinski definition) is 3. The van der Waals surface area contributed by atoms with Gasteiger partial charge in [-0.2, -0.15) is 0 Å². The van der Waals surface area contributed by atoms with E-state index in [-0.39, 0.29) is 6.10 Å². The molecule has 0 N–H and O–H groups in total. The molecule has 0 radical (unpaired) electrons. The molecule has 1 saturated heterocycles. The molecule has 104 valence electrons. The fourth-order valence-corrected chi connectivity index (χ4v) is 2.94. The van der Waals surface area contributed by atoms with Crippen LogP contribution in [-0.2, 0) is 0 Å². The van der Waals surface area contributed by atoms with Crippen LogP contribution in [0.15, 0.2) is 24.3 Å². The Bertz CT molecular complexity index is 399. The first-order valence-electron chi connectivity index (χ1n) is 7.53. The number of hydrogen-bond donors (Lipinski definition) is 0. The maximum Gasteiger partial charge on any atom is 0.161 e. The van der Waals surface area contributed by atoms with Crippen molar-refractivity contribution in [2.45, 2.75) is 38.2 Å². The van der Waals surface area contributed by atoms with E-state index in [0.717, 1.165) is 18.0 Å². The van der Waals surface area contributed by atoms with E-state index in [0.29, 0.717) is 6.61 Å². The molecule has 0 saturated carbocycles. The van der Waals surface area contributed by atoms with E-state index in [1.165, 1.54) is 45.2 Å². The molecule has 0 aliphatic carbocycles. The van der Waals surface area contributed by atoms with Crippen molar-refractivity contribution in [1.29, 1.82) is 0 Å². The van der Waals surface area contributed by atoms with Gasteiger partial charge in [-0.15, -0.1) is 0 Å². The number of likely N-dealkylation sites (tertiary alicyclic amines) is 1. The van der Waals surface area contributed by atoms with Crippen LogP contribution in [0.2, 0.25) is 0 Å². The summed E-state index contributed by atoms with van der Waals surface area (Å²) in [5.74, 6) is 1.78. The third kappa shape index (κ3) is 3.41. The molecule has 0 aromatic heterocycles. The summed E-state index contributed by atoms with van der Waals surface area (Å²) in [4.78, 5) is 2.54. The predicted octanol–water partition coefficient (Wildman–Crippen LogP) is 3.09. The van der Waals surface area contributed by atoms with Crippen LogP contribution in [0.25, 0.3) is 0 Å². The van der Waals surface area contributed by atoms with Gasteiger partial charge in [-0.25, -0.2) is 0 Å². The monoisotopic (exact) mass is 261 g/mol. The fourth-order valence-electron chi connectivity index (χ4n) is 2.94. The van der Waals surface area contributed by atoms with Crippen molar-refractivity contribution in [2.75, 3.05) is 26.2 Å². The topological polar surface area (TPSA) is 21.7 Å². The highest BCUT2D eigenvalue weighted by molar-refractivity contribution is 5.40. The molecule has 2 aliphatic rings. The molecule has 1 fully saturated rings. The lowest BCUT2D eigenvalue weighted by molar-refractivity contribution is 0.0564. The predicted molar refractivity (Wildman–Crippen MR) is 75.9 cm³/mol. The van der Waals surface area contributed by atoms with Crippen LogP contribution in [0.4, 0.5) is 0 Å². The summed E-state index contributed by atoms with van der Waals surface area (Å²) in [6.45, 7) is 4.09. The Morgan fingerprint density at radius 2 is 1.63 bits per heavy atom. The Morgan fingerprint density at radius 1 is 0.947 bits per heavy atom. The Kier molecular flexibility index (Phi) is 4.23. The molecule has 19 heavy (non-hydrogen) atoms. The lowest BCUT2D eigenvalue weighted by Gasteiger charge is -2.32. The van der Waals surface area contributed by atoms with Gasteiger partial charge in [-0.1, -0.05) is 31.4 Å². The van der Waals surface area contributed by atoms with Crippen LogP contribution in [0, 0.1) is 0 Å². The molecule has 1 aromatic carbocycles. The third-order valence-corrected chi connectivity index (χ3v) is 3.98. The first-order valence-corrected chi connectivity index (χ1v) is 7.53. The molecule has 1 unspecified atom stereocenters. The second-order valence-corrected chi connectivity index (χ2v) is 5.57. The molecule has 0 amide bonds. The third-order valence-electron chi connectivity index (χ3n) is 3.98. The maximum atomic E-state index is 6.04. The zero-order valence-electron chi connectivity index (χ0n) is 11.5. The van der Waals surface area contributed by atoms with Gasteiger partial charge in [0, 0.05) is 6.54 Å². The summed E-state index contributed by atoms with van der Waals surface area (Å²) >= 11 is 0. The molecule has 1 aromatic rings. The molecule has 1 atom stereocenters. The summed E-state index contributed by atoms with van der Waals surface area (Å²) in [5, 5.41) is 0. The molecular formula is C16H23NO2. The number of para-hydroxylation sites is 2. The van der Waals surface area contributed by atoms with E-state index in [9.17, 15) is 0 Å². The minimum atomic E-state index is 0.175. The van der Waals surface area contributed by atoms with Gasteiger partial charge in [0.05, 0.1) is 0 Å². The van der Waals surface area contributed by atoms with Gasteiger partial charge in [-0.3, -0.25) is 4.90 Å². The standard InChI is InChI=1S/C16H23NO2/c1-2-6-10-17(11-7-3-1)12-14-13-18-15-8-4-5-9-16(15)19-14/h4-5,8-9,14H,1-3,6-7,10-13H2. The average Bonchev–Trinajstić information content (AvgIpc) is 2.41. The van der Waals surface area contributed by atoms with Gasteiger partial charge in [-0.05, 0) is 38.1 Å². The largest absolute Gasteiger partial charge is 0.486 e. The fraction of sp³-hybridized carbons (Fsp3) is 0.625. The summed E-state index contributed by atoms with van der Waals surface area (Å²) in [6, 6.07) is 7.96. The van der Waals surface area contributed by atoms with Crippen molar-refractivity contribution in [3.05, 3.63) is 24.3 Å². The highest BCUT2D eigenvalue weighted by Gasteiger charge is 2.23. The first-order chi connectivity index (χ1) is 9.42. The second kappa shape index (κ2) is 6.29. The van der Waals surface area contributed by atoms with Crippen molar-refractivity contribution < 1.29 is 9.47 Å². The van der Waals surface area contributed by atoms with Crippen molar-refractivity contribution in [2.24, 2.45) is 0 Å². The lowest BCUT2D eigenvalue weighted by Crippen LogP contribution is -2.42. The summed E-state index contributed by atoms with van der Waals surface area (Å²) in [7, 11) is 0. The number of fused-ring (bicyclic) bond motifs is 1. The zero-order valence-corrected chi connectivity index (χ0v) is 11.5. The van der Waals surface area contributed by atoms with Crippen molar-refractivity contribution in [3.8, 4) is 11.5 Å². The quantitative estimate of drug-likeness (QED) is 0.816. The van der Waals surface area contributed by atoms with Gasteiger partial charge < -0.3 is 9.47 Å². The molecule has 2 heterocycles. The molecule has 3 heteroatoms. The number of benzene rings is 1. The van der Waals surface area contributed by atoms with Gasteiger partial charge in [0.15, 0.2) is 11.5 Å². The number of rotatable bonds is 2. The van der Waals surface area contributed by atoms with E-state index >= 15 is 0 Å². The highest BCUT2D eigenvalue weighted by Crippen LogP contribution is 2.31. The second-order valence-electron chi connectivity index (χ2n) is 5.57. The Morgan fingerprint density at radius 3 is 2.42 bits per heavy atom. The minimum Gasteiger partial charge on any atom is -0.486 e. The Balaban J connectivity index is 1.56. The lowest BCUT2D eigenvalue weighted by atomic mass is 10.1. The van der Waals surface area contributed by atoms with E-state index in [2.05, 4.69) is 4.90 Å². The van der Waals surface area contributed by atoms with Crippen molar-refractivity contribution in [1.82, 2.24) is 4.90 Å². The van der Waals surface area contributed by atoms with Crippen LogP contribution < -0.4 is 9.47 Å². The average molecular weight is 261 g/mol. The van der Waals surface area contributed by atoms with Gasteiger partial charge in [0.1, 0.15) is 12.7 Å². The van der Waals surface area contributed by atoms with Crippen LogP contribution in [0.5, 0.6) is 11.5 Å². The molecule has 3 nitrogen and oxygen atoms in total. The van der Waals surface area contributed by atoms with Crippen LogP contribution in [0.1, 0.15) is 32.1 Å². The Labute approximate surface area is 115 Å². The highest BCUT2D eigenvalue weighted by atomic mass is 16.6. The van der Waals surface area contributed by atoms with E-state index in [4.69, 9.17) is 9.47 Å². The molecule has 2 aliphatic heterocycles. The first kappa shape index (κ1) is 12.8. The Hall–Kier alpha value is -1.22. The van der Waals surface area contributed by atoms with E-state index in [1.807, 2.05) is 24.3 Å².